The van der Waals surface area contributed by atoms with E-state index in [0.29, 0.717) is 17.7 Å². The van der Waals surface area contributed by atoms with Crippen LogP contribution >= 0.6 is 0 Å². The van der Waals surface area contributed by atoms with Gasteiger partial charge in [-0.25, -0.2) is 0 Å². The fraction of sp³-hybridized carbons (Fsp3) is 0.227. The Bertz CT molecular complexity index is 1090. The third kappa shape index (κ3) is 4.13. The van der Waals surface area contributed by atoms with Gasteiger partial charge in [-0.1, -0.05) is 37.3 Å². The minimum atomic E-state index is 0.333. The van der Waals surface area contributed by atoms with Gasteiger partial charge in [0.25, 0.3) is 0 Å². The van der Waals surface area contributed by atoms with Gasteiger partial charge >= 0.3 is 0 Å². The van der Waals surface area contributed by atoms with Crippen LogP contribution < -0.4 is 15.4 Å². The molecule has 7 heteroatoms. The third-order valence-corrected chi connectivity index (χ3v) is 4.88. The number of hydrogen-bond donors (Lipinski definition) is 2. The average Bonchev–Trinajstić information content (AvgIpc) is 3.14. The van der Waals surface area contributed by atoms with Gasteiger partial charge in [-0.2, -0.15) is 15.1 Å². The van der Waals surface area contributed by atoms with Crippen molar-refractivity contribution in [1.82, 2.24) is 19.7 Å². The van der Waals surface area contributed by atoms with Gasteiger partial charge in [0.1, 0.15) is 11.6 Å². The lowest BCUT2D eigenvalue weighted by atomic mass is 10.0. The first kappa shape index (κ1) is 18.7. The predicted molar refractivity (Wildman–Crippen MR) is 116 cm³/mol. The minimum absolute atomic E-state index is 0.333. The molecule has 0 bridgehead atoms. The van der Waals surface area contributed by atoms with Crippen LogP contribution in [0.4, 0.5) is 17.5 Å². The van der Waals surface area contributed by atoms with Crippen molar-refractivity contribution in [2.45, 2.75) is 12.8 Å². The van der Waals surface area contributed by atoms with Crippen molar-refractivity contribution < 1.29 is 4.74 Å². The molecule has 148 valence electrons. The van der Waals surface area contributed by atoms with E-state index in [4.69, 9.17) is 9.72 Å². The van der Waals surface area contributed by atoms with Gasteiger partial charge in [-0.05, 0) is 35.7 Å². The first-order valence-corrected chi connectivity index (χ1v) is 9.53. The first-order chi connectivity index (χ1) is 14.1. The zero-order valence-electron chi connectivity index (χ0n) is 16.8. The second-order valence-corrected chi connectivity index (χ2v) is 6.95. The summed E-state index contributed by atoms with van der Waals surface area (Å²) < 4.78 is 6.98. The molecule has 2 heterocycles. The maximum Gasteiger partial charge on any atom is 0.226 e. The van der Waals surface area contributed by atoms with Crippen molar-refractivity contribution in [2.24, 2.45) is 7.05 Å². The molecule has 2 N–H and O–H groups in total. The summed E-state index contributed by atoms with van der Waals surface area (Å²) >= 11 is 0. The van der Waals surface area contributed by atoms with E-state index in [0.717, 1.165) is 29.0 Å². The van der Waals surface area contributed by atoms with Crippen LogP contribution in [0.15, 0.2) is 60.8 Å². The number of rotatable bonds is 7. The largest absolute Gasteiger partial charge is 0.497 e. The number of methoxy groups -OCH3 is 1. The molecule has 0 aliphatic rings. The second-order valence-electron chi connectivity index (χ2n) is 6.95. The minimum Gasteiger partial charge on any atom is -0.497 e. The lowest BCUT2D eigenvalue weighted by Crippen LogP contribution is -2.13. The summed E-state index contributed by atoms with van der Waals surface area (Å²) in [6.45, 7) is 2.91. The first-order valence-electron chi connectivity index (χ1n) is 9.53. The molecule has 29 heavy (non-hydrogen) atoms. The second kappa shape index (κ2) is 8.18. The van der Waals surface area contributed by atoms with E-state index in [-0.39, 0.29) is 0 Å². The molecule has 7 nitrogen and oxygen atoms in total. The van der Waals surface area contributed by atoms with Crippen molar-refractivity contribution in [2.75, 3.05) is 24.3 Å². The summed E-state index contributed by atoms with van der Waals surface area (Å²) in [7, 11) is 3.53. The number of nitrogens with zero attached hydrogens (tertiary/aromatic N) is 4. The van der Waals surface area contributed by atoms with Crippen LogP contribution in [-0.2, 0) is 7.05 Å². The molecule has 0 spiro atoms. The van der Waals surface area contributed by atoms with Crippen LogP contribution in [0.25, 0.3) is 11.0 Å². The molecule has 0 aliphatic carbocycles. The maximum atomic E-state index is 5.23. The van der Waals surface area contributed by atoms with E-state index in [1.54, 1.807) is 18.0 Å². The van der Waals surface area contributed by atoms with E-state index in [9.17, 15) is 0 Å². The van der Waals surface area contributed by atoms with Gasteiger partial charge in [0.2, 0.25) is 5.95 Å². The normalized spacial score (nSPS) is 12.0. The summed E-state index contributed by atoms with van der Waals surface area (Å²) in [5, 5.41) is 11.9. The van der Waals surface area contributed by atoms with Crippen molar-refractivity contribution in [1.29, 1.82) is 0 Å². The van der Waals surface area contributed by atoms with Gasteiger partial charge in [0.15, 0.2) is 5.65 Å². The summed E-state index contributed by atoms with van der Waals surface area (Å²) in [5.41, 5.74) is 2.96. The van der Waals surface area contributed by atoms with Gasteiger partial charge in [-0.15, -0.1) is 0 Å². The number of fused-ring (bicyclic) bond motifs is 1. The predicted octanol–water partition coefficient (Wildman–Crippen LogP) is 4.33. The number of aromatic nitrogens is 4. The molecular weight excluding hydrogens is 364 g/mol. The molecule has 1 unspecified atom stereocenters. The van der Waals surface area contributed by atoms with Gasteiger partial charge in [0.05, 0.1) is 18.7 Å². The smallest absolute Gasteiger partial charge is 0.226 e. The van der Waals surface area contributed by atoms with E-state index >= 15 is 0 Å². The third-order valence-electron chi connectivity index (χ3n) is 4.88. The quantitative estimate of drug-likeness (QED) is 0.491. The Labute approximate surface area is 169 Å². The van der Waals surface area contributed by atoms with E-state index in [1.807, 2.05) is 37.4 Å². The van der Waals surface area contributed by atoms with Gasteiger partial charge in [0, 0.05) is 19.3 Å². The number of benzene rings is 2. The van der Waals surface area contributed by atoms with Crippen LogP contribution in [0, 0.1) is 0 Å². The number of nitrogens with one attached hydrogen (secondary N) is 2. The van der Waals surface area contributed by atoms with Crippen molar-refractivity contribution in [3.8, 4) is 5.75 Å². The Morgan fingerprint density at radius 3 is 2.52 bits per heavy atom. The van der Waals surface area contributed by atoms with Gasteiger partial charge in [-0.3, -0.25) is 4.68 Å². The van der Waals surface area contributed by atoms with Crippen LogP contribution in [0.5, 0.6) is 5.75 Å². The fourth-order valence-electron chi connectivity index (χ4n) is 3.15. The molecule has 4 rings (SSSR count). The Hall–Kier alpha value is -3.61. The number of anilines is 3. The van der Waals surface area contributed by atoms with Crippen molar-refractivity contribution in [3.05, 3.63) is 66.4 Å². The summed E-state index contributed by atoms with van der Waals surface area (Å²) in [6, 6.07) is 18.1. The molecule has 0 amide bonds. The Kier molecular flexibility index (Phi) is 5.29. The zero-order valence-corrected chi connectivity index (χ0v) is 16.8. The van der Waals surface area contributed by atoms with Crippen molar-refractivity contribution in [3.63, 3.8) is 0 Å². The van der Waals surface area contributed by atoms with Crippen LogP contribution in [-0.4, -0.2) is 33.4 Å². The standard InChI is InChI=1S/C22H24N6O/c1-15(16-7-5-4-6-8-16)13-23-22-26-20(19-14-24-28(2)21(19)27-22)25-17-9-11-18(29-3)12-10-17/h4-12,14-15H,13H2,1-3H3,(H2,23,25,26,27). The monoisotopic (exact) mass is 388 g/mol. The lowest BCUT2D eigenvalue weighted by molar-refractivity contribution is 0.415. The molecule has 2 aromatic carbocycles. The molecule has 0 saturated heterocycles. The summed E-state index contributed by atoms with van der Waals surface area (Å²) in [6.07, 6.45) is 1.78. The Balaban J connectivity index is 1.58. The lowest BCUT2D eigenvalue weighted by Gasteiger charge is -2.14. The maximum absolute atomic E-state index is 5.23. The molecule has 1 atom stereocenters. The average molecular weight is 388 g/mol. The van der Waals surface area contributed by atoms with E-state index in [1.165, 1.54) is 5.56 Å². The Morgan fingerprint density at radius 2 is 1.79 bits per heavy atom. The fourth-order valence-corrected chi connectivity index (χ4v) is 3.15. The molecule has 0 aliphatic heterocycles. The highest BCUT2D eigenvalue weighted by molar-refractivity contribution is 5.89. The van der Waals surface area contributed by atoms with E-state index in [2.05, 4.69) is 51.9 Å². The molecule has 0 fully saturated rings. The van der Waals surface area contributed by atoms with Crippen LogP contribution in [0.3, 0.4) is 0 Å². The van der Waals surface area contributed by atoms with Gasteiger partial charge < -0.3 is 15.4 Å². The molecule has 0 saturated carbocycles. The van der Waals surface area contributed by atoms with Crippen molar-refractivity contribution >= 4 is 28.5 Å². The van der Waals surface area contributed by atoms with Crippen LogP contribution in [0.2, 0.25) is 0 Å². The SMILES string of the molecule is COc1ccc(Nc2nc(NCC(C)c3ccccc3)nc3c2cnn3C)cc1. The summed E-state index contributed by atoms with van der Waals surface area (Å²) in [5.74, 6) is 2.42. The Morgan fingerprint density at radius 1 is 1.03 bits per heavy atom. The van der Waals surface area contributed by atoms with E-state index < -0.39 is 0 Å². The number of hydrogen-bond acceptors (Lipinski definition) is 6. The topological polar surface area (TPSA) is 76.9 Å². The highest BCUT2D eigenvalue weighted by Gasteiger charge is 2.13. The molecular formula is C22H24N6O. The molecule has 0 radical (unpaired) electrons. The number of aryl methyl sites for hydroxylation is 1. The highest BCUT2D eigenvalue weighted by Crippen LogP contribution is 2.26. The zero-order chi connectivity index (χ0) is 20.2. The van der Waals surface area contributed by atoms with Crippen LogP contribution in [0.1, 0.15) is 18.4 Å². The summed E-state index contributed by atoms with van der Waals surface area (Å²) in [4.78, 5) is 9.35. The molecule has 2 aromatic heterocycles. The number of ether oxygens (including phenoxy) is 1. The highest BCUT2D eigenvalue weighted by atomic mass is 16.5. The molecule has 4 aromatic rings.